The summed E-state index contributed by atoms with van der Waals surface area (Å²) in [4.78, 5) is 2.07. The Balaban J connectivity index is 1.67. The zero-order valence-electron chi connectivity index (χ0n) is 25.3. The number of aliphatic hydroxyl groups is 2. The van der Waals surface area contributed by atoms with E-state index in [4.69, 9.17) is 11.6 Å². The molecule has 3 aromatic carbocycles. The van der Waals surface area contributed by atoms with E-state index in [0.29, 0.717) is 28.1 Å². The number of allylic oxidation sites excluding steroid dienone is 2. The summed E-state index contributed by atoms with van der Waals surface area (Å²) in [5.74, 6) is 0.169. The minimum atomic E-state index is -0.977. The van der Waals surface area contributed by atoms with Gasteiger partial charge >= 0.3 is 0 Å². The van der Waals surface area contributed by atoms with Crippen LogP contribution in [0.4, 0.5) is 14.5 Å². The predicted octanol–water partition coefficient (Wildman–Crippen LogP) is 9.02. The van der Waals surface area contributed by atoms with Crippen LogP contribution in [0.2, 0.25) is 5.02 Å². The molecule has 2 aliphatic rings. The Morgan fingerprint density at radius 3 is 2.40 bits per heavy atom. The van der Waals surface area contributed by atoms with Gasteiger partial charge in [0.25, 0.3) is 0 Å². The Bertz CT molecular complexity index is 1580. The Labute approximate surface area is 253 Å². The first kappa shape index (κ1) is 30.3. The smallest absolute Gasteiger partial charge is 0.186 e. The van der Waals surface area contributed by atoms with Gasteiger partial charge in [-0.25, -0.2) is 4.39 Å². The third-order valence-electron chi connectivity index (χ3n) is 9.46. The van der Waals surface area contributed by atoms with Crippen molar-refractivity contribution in [3.8, 4) is 11.1 Å². The number of hydrogen-bond donors (Lipinski definition) is 2. The van der Waals surface area contributed by atoms with Crippen LogP contribution in [0.25, 0.3) is 11.1 Å². The van der Waals surface area contributed by atoms with Gasteiger partial charge in [-0.15, -0.1) is 0 Å². The maximum Gasteiger partial charge on any atom is 0.186 e. The monoisotopic (exact) mass is 590 g/mol. The third-order valence-corrected chi connectivity index (χ3v) is 9.78. The second-order valence-electron chi connectivity index (χ2n) is 12.7. The Morgan fingerprint density at radius 2 is 1.79 bits per heavy atom. The standard InChI is InChI=1S/C36H39ClF2NO2/c1-20(2)27-15-25(16-31(39)28(27)19-41)23-11-12-32(21(3)13-23)40-18-26-14-24(22(4)36(26,7)42)17-33(40)35(5,6)34-29(37)9-8-10-30(34)38/h8-13,15-18,22,24,41-42H,14,19H2,1-7H3/q+1. The van der Waals surface area contributed by atoms with Crippen LogP contribution in [0.3, 0.4) is 0 Å². The first-order chi connectivity index (χ1) is 19.7. The fraction of sp³-hybridized carbons (Fsp3) is 0.361. The van der Waals surface area contributed by atoms with Gasteiger partial charge in [0.15, 0.2) is 5.82 Å². The number of aliphatic hydroxyl groups excluding tert-OH is 1. The zero-order valence-corrected chi connectivity index (χ0v) is 26.1. The molecule has 3 unspecified atom stereocenters. The van der Waals surface area contributed by atoms with Crippen molar-refractivity contribution in [2.75, 3.05) is 4.90 Å². The minimum Gasteiger partial charge on any atom is -0.385 e. The van der Waals surface area contributed by atoms with E-state index in [1.54, 1.807) is 12.1 Å². The topological polar surface area (TPSA) is 43.7 Å². The minimum absolute atomic E-state index is 0.0129. The SMILES string of the molecule is Cc1cc(-c2cc(F)c(CO)c([C+](C)C)c2)ccc1N1C=C2CC(C=C1C(C)(C)c1c(F)cccc1Cl)C(C)C2(C)O. The van der Waals surface area contributed by atoms with Crippen LogP contribution < -0.4 is 4.90 Å². The molecule has 220 valence electrons. The molecule has 2 bridgehead atoms. The van der Waals surface area contributed by atoms with E-state index in [-0.39, 0.29) is 24.3 Å². The van der Waals surface area contributed by atoms with Crippen molar-refractivity contribution in [1.82, 2.24) is 0 Å². The van der Waals surface area contributed by atoms with Crippen molar-refractivity contribution < 1.29 is 19.0 Å². The number of fused-ring (bicyclic) bond motifs is 2. The molecule has 3 atom stereocenters. The van der Waals surface area contributed by atoms with Crippen LogP contribution in [0.1, 0.15) is 70.2 Å². The number of aryl methyl sites for hydroxylation is 1. The van der Waals surface area contributed by atoms with Gasteiger partial charge in [0.05, 0.1) is 11.7 Å². The van der Waals surface area contributed by atoms with Gasteiger partial charge in [0.1, 0.15) is 23.6 Å². The maximum atomic E-state index is 15.4. The normalized spacial score (nSPS) is 22.1. The highest BCUT2D eigenvalue weighted by Gasteiger charge is 2.48. The second kappa shape index (κ2) is 10.9. The van der Waals surface area contributed by atoms with Crippen molar-refractivity contribution in [2.24, 2.45) is 11.8 Å². The summed E-state index contributed by atoms with van der Waals surface area (Å²) in [7, 11) is 0. The van der Waals surface area contributed by atoms with E-state index in [2.05, 4.69) is 17.9 Å². The highest BCUT2D eigenvalue weighted by molar-refractivity contribution is 6.31. The molecule has 3 nitrogen and oxygen atoms in total. The lowest BCUT2D eigenvalue weighted by Gasteiger charge is -2.40. The molecule has 3 aromatic rings. The summed E-state index contributed by atoms with van der Waals surface area (Å²) in [6.07, 6.45) is 4.90. The number of benzene rings is 3. The lowest BCUT2D eigenvalue weighted by atomic mass is 9.77. The lowest BCUT2D eigenvalue weighted by molar-refractivity contribution is 0.0527. The third kappa shape index (κ3) is 4.96. The predicted molar refractivity (Wildman–Crippen MR) is 167 cm³/mol. The molecule has 1 heterocycles. The summed E-state index contributed by atoms with van der Waals surface area (Å²) >= 11 is 6.62. The Morgan fingerprint density at radius 1 is 1.07 bits per heavy atom. The molecule has 1 saturated carbocycles. The Hall–Kier alpha value is -3.12. The van der Waals surface area contributed by atoms with Gasteiger partial charge in [-0.1, -0.05) is 50.6 Å². The number of halogens is 3. The van der Waals surface area contributed by atoms with Gasteiger partial charge in [-0.05, 0) is 73.1 Å². The van der Waals surface area contributed by atoms with E-state index in [1.165, 1.54) is 12.1 Å². The summed E-state index contributed by atoms with van der Waals surface area (Å²) < 4.78 is 30.4. The average Bonchev–Trinajstić information content (AvgIpc) is 3.05. The van der Waals surface area contributed by atoms with Crippen LogP contribution in [0.5, 0.6) is 0 Å². The Kier molecular flexibility index (Phi) is 7.84. The number of nitrogens with zero attached hydrogens (tertiary/aromatic N) is 1. The largest absolute Gasteiger partial charge is 0.385 e. The molecular formula is C36H39ClF2NO2+. The molecule has 0 spiro atoms. The first-order valence-electron chi connectivity index (χ1n) is 14.4. The fourth-order valence-electron chi connectivity index (χ4n) is 6.69. The van der Waals surface area contributed by atoms with Crippen LogP contribution in [0.15, 0.2) is 72.1 Å². The van der Waals surface area contributed by atoms with E-state index in [9.17, 15) is 10.2 Å². The van der Waals surface area contributed by atoms with Crippen LogP contribution in [-0.2, 0) is 12.0 Å². The summed E-state index contributed by atoms with van der Waals surface area (Å²) in [5, 5.41) is 21.6. The van der Waals surface area contributed by atoms with Gasteiger partial charge in [-0.2, -0.15) is 4.39 Å². The molecule has 1 aliphatic heterocycles. The quantitative estimate of drug-likeness (QED) is 0.282. The lowest BCUT2D eigenvalue weighted by Crippen LogP contribution is -2.38. The molecule has 0 amide bonds. The highest BCUT2D eigenvalue weighted by atomic mass is 35.5. The average molecular weight is 591 g/mol. The van der Waals surface area contributed by atoms with Crippen molar-refractivity contribution in [2.45, 2.75) is 72.5 Å². The summed E-state index contributed by atoms with van der Waals surface area (Å²) in [5.41, 5.74) is 4.80. The van der Waals surface area contributed by atoms with Gasteiger partial charge in [0.2, 0.25) is 0 Å². The van der Waals surface area contributed by atoms with E-state index in [1.807, 2.05) is 72.0 Å². The summed E-state index contributed by atoms with van der Waals surface area (Å²) in [6.45, 7) is 13.3. The van der Waals surface area contributed by atoms with Crippen molar-refractivity contribution in [1.29, 1.82) is 0 Å². The molecule has 1 fully saturated rings. The number of hydrogen-bond acceptors (Lipinski definition) is 3. The molecule has 1 aliphatic carbocycles. The molecule has 5 rings (SSSR count). The second-order valence-corrected chi connectivity index (χ2v) is 13.2. The molecule has 0 saturated heterocycles. The fourth-order valence-corrected chi connectivity index (χ4v) is 7.09. The maximum absolute atomic E-state index is 15.4. The molecule has 0 radical (unpaired) electrons. The van der Waals surface area contributed by atoms with Crippen LogP contribution >= 0.6 is 11.6 Å². The summed E-state index contributed by atoms with van der Waals surface area (Å²) in [6, 6.07) is 14.1. The van der Waals surface area contributed by atoms with E-state index < -0.39 is 16.8 Å². The van der Waals surface area contributed by atoms with E-state index >= 15 is 8.78 Å². The molecule has 6 heteroatoms. The molecule has 2 N–H and O–H groups in total. The highest BCUT2D eigenvalue weighted by Crippen LogP contribution is 2.51. The number of rotatable bonds is 6. The van der Waals surface area contributed by atoms with Crippen molar-refractivity contribution in [3.05, 3.63) is 117 Å². The van der Waals surface area contributed by atoms with Crippen molar-refractivity contribution >= 4 is 17.3 Å². The van der Waals surface area contributed by atoms with E-state index in [0.717, 1.165) is 39.6 Å². The van der Waals surface area contributed by atoms with Crippen LogP contribution in [0, 0.1) is 36.3 Å². The molecule has 0 aromatic heterocycles. The molecular weight excluding hydrogens is 552 g/mol. The number of anilines is 1. The van der Waals surface area contributed by atoms with Gasteiger partial charge in [-0.3, -0.25) is 0 Å². The zero-order chi connectivity index (χ0) is 30.7. The van der Waals surface area contributed by atoms with Gasteiger partial charge < -0.3 is 15.1 Å². The molecule has 42 heavy (non-hydrogen) atoms. The van der Waals surface area contributed by atoms with Crippen LogP contribution in [-0.4, -0.2) is 15.8 Å². The van der Waals surface area contributed by atoms with Gasteiger partial charge in [0, 0.05) is 65.0 Å². The first-order valence-corrected chi connectivity index (χ1v) is 14.8. The van der Waals surface area contributed by atoms with Crippen molar-refractivity contribution in [3.63, 3.8) is 0 Å².